The summed E-state index contributed by atoms with van der Waals surface area (Å²) in [4.78, 5) is 0. The van der Waals surface area contributed by atoms with Gasteiger partial charge >= 0.3 is 18.9 Å². The van der Waals surface area contributed by atoms with Crippen LogP contribution in [0.15, 0.2) is 0 Å². The summed E-state index contributed by atoms with van der Waals surface area (Å²) in [6.07, 6.45) is 3.66. The van der Waals surface area contributed by atoms with Gasteiger partial charge in [0.15, 0.2) is 0 Å². The zero-order chi connectivity index (χ0) is 6.57. The van der Waals surface area contributed by atoms with E-state index in [0.717, 1.165) is 11.8 Å². The van der Waals surface area contributed by atoms with Crippen LogP contribution in [0, 0.1) is 18.3 Å². The van der Waals surface area contributed by atoms with E-state index in [0.29, 0.717) is 0 Å². The molecule has 0 bridgehead atoms. The Morgan fingerprint density at radius 2 is 1.67 bits per heavy atom. The fourth-order valence-corrected chi connectivity index (χ4v) is 0.793. The van der Waals surface area contributed by atoms with E-state index in [4.69, 9.17) is 0 Å². The van der Waals surface area contributed by atoms with Gasteiger partial charge in [0.25, 0.3) is 0 Å². The van der Waals surface area contributed by atoms with Crippen molar-refractivity contribution in [1.29, 1.82) is 0 Å². The van der Waals surface area contributed by atoms with E-state index in [1.165, 1.54) is 6.42 Å². The van der Waals surface area contributed by atoms with Crippen LogP contribution >= 0.6 is 0 Å². The molecule has 0 aromatic heterocycles. The van der Waals surface area contributed by atoms with Gasteiger partial charge in [-0.3, -0.25) is 0 Å². The molecule has 0 nitrogen and oxygen atoms in total. The van der Waals surface area contributed by atoms with E-state index in [9.17, 15) is 0 Å². The van der Waals surface area contributed by atoms with E-state index < -0.39 is 0 Å². The van der Waals surface area contributed by atoms with Gasteiger partial charge in [-0.15, -0.1) is 0 Å². The quantitative estimate of drug-likeness (QED) is 0.360. The van der Waals surface area contributed by atoms with Crippen molar-refractivity contribution in [1.82, 2.24) is 0 Å². The monoisotopic (exact) mass is 120 g/mol. The molecular weight excluding hydrogens is 103 g/mol. The SMILES string of the molecule is CCC(C)[CH-]C(C)C.[Li+]. The molecule has 0 N–H and O–H groups in total. The molecule has 0 radical (unpaired) electrons. The first-order valence-electron chi connectivity index (χ1n) is 3.51. The minimum atomic E-state index is 0. The van der Waals surface area contributed by atoms with Gasteiger partial charge < -0.3 is 6.42 Å². The summed E-state index contributed by atoms with van der Waals surface area (Å²) in [7, 11) is 0. The van der Waals surface area contributed by atoms with Crippen molar-refractivity contribution in [2.24, 2.45) is 11.8 Å². The topological polar surface area (TPSA) is 0 Å². The smallest absolute Gasteiger partial charge is 0.323 e. The van der Waals surface area contributed by atoms with Crippen LogP contribution in [0.5, 0.6) is 0 Å². The van der Waals surface area contributed by atoms with E-state index in [1.54, 1.807) is 0 Å². The normalized spacial score (nSPS) is 13.0. The number of rotatable bonds is 3. The Morgan fingerprint density at radius 3 is 1.78 bits per heavy atom. The Balaban J connectivity index is 0. The molecule has 0 aromatic rings. The van der Waals surface area contributed by atoms with Crippen molar-refractivity contribution >= 4 is 0 Å². The van der Waals surface area contributed by atoms with Crippen LogP contribution in [-0.2, 0) is 0 Å². The van der Waals surface area contributed by atoms with Crippen molar-refractivity contribution in [3.63, 3.8) is 0 Å². The summed E-state index contributed by atoms with van der Waals surface area (Å²) in [6.45, 7) is 8.95. The predicted octanol–water partition coefficient (Wildman–Crippen LogP) is -0.103. The van der Waals surface area contributed by atoms with E-state index in [-0.39, 0.29) is 18.9 Å². The van der Waals surface area contributed by atoms with E-state index in [1.807, 2.05) is 0 Å². The molecule has 0 rings (SSSR count). The zero-order valence-electron chi connectivity index (χ0n) is 7.44. The third-order valence-corrected chi connectivity index (χ3v) is 1.36. The summed E-state index contributed by atoms with van der Waals surface area (Å²) in [5.41, 5.74) is 0. The number of hydrogen-bond acceptors (Lipinski definition) is 0. The molecule has 1 heteroatoms. The second-order valence-electron chi connectivity index (χ2n) is 2.82. The first-order chi connectivity index (χ1) is 3.66. The van der Waals surface area contributed by atoms with Crippen molar-refractivity contribution < 1.29 is 18.9 Å². The van der Waals surface area contributed by atoms with Crippen LogP contribution in [0.3, 0.4) is 0 Å². The van der Waals surface area contributed by atoms with Crippen molar-refractivity contribution in [2.75, 3.05) is 0 Å². The van der Waals surface area contributed by atoms with E-state index >= 15 is 0 Å². The molecule has 50 valence electrons. The molecule has 0 aliphatic rings. The van der Waals surface area contributed by atoms with Crippen molar-refractivity contribution in [2.45, 2.75) is 34.1 Å². The van der Waals surface area contributed by atoms with Gasteiger partial charge in [0.05, 0.1) is 0 Å². The molecule has 0 aromatic carbocycles. The third-order valence-electron chi connectivity index (χ3n) is 1.36. The first kappa shape index (κ1) is 12.3. The Morgan fingerprint density at radius 1 is 1.22 bits per heavy atom. The molecule has 0 heterocycles. The molecule has 0 saturated heterocycles. The zero-order valence-corrected chi connectivity index (χ0v) is 7.44. The standard InChI is InChI=1S/C8H17.Li/c1-5-8(4)6-7(2)3;/h6-8H,5H2,1-4H3;/q-1;+1. The average Bonchev–Trinajstić information content (AvgIpc) is 1.65. The molecule has 1 atom stereocenters. The molecule has 9 heavy (non-hydrogen) atoms. The predicted molar refractivity (Wildman–Crippen MR) is 38.6 cm³/mol. The van der Waals surface area contributed by atoms with Crippen LogP contribution < -0.4 is 18.9 Å². The van der Waals surface area contributed by atoms with E-state index in [2.05, 4.69) is 34.1 Å². The summed E-state index contributed by atoms with van der Waals surface area (Å²) in [6, 6.07) is 0. The fourth-order valence-electron chi connectivity index (χ4n) is 0.793. The largest absolute Gasteiger partial charge is 1.00 e. The van der Waals surface area contributed by atoms with Gasteiger partial charge in [-0.05, 0) is 0 Å². The summed E-state index contributed by atoms with van der Waals surface area (Å²) >= 11 is 0. The molecule has 0 amide bonds. The molecular formula is C8H17Li. The minimum absolute atomic E-state index is 0. The fraction of sp³-hybridized carbons (Fsp3) is 0.875. The Hall–Kier alpha value is 0.597. The Bertz CT molecular complexity index is 50.5. The average molecular weight is 120 g/mol. The second-order valence-corrected chi connectivity index (χ2v) is 2.82. The van der Waals surface area contributed by atoms with Crippen molar-refractivity contribution in [3.8, 4) is 0 Å². The molecule has 0 spiro atoms. The third kappa shape index (κ3) is 8.60. The number of hydrogen-bond donors (Lipinski definition) is 0. The molecule has 0 aliphatic heterocycles. The molecule has 0 saturated carbocycles. The van der Waals surface area contributed by atoms with Crippen LogP contribution in [-0.4, -0.2) is 0 Å². The van der Waals surface area contributed by atoms with Gasteiger partial charge in [0.2, 0.25) is 0 Å². The Labute approximate surface area is 71.6 Å². The maximum Gasteiger partial charge on any atom is 1.00 e. The van der Waals surface area contributed by atoms with Gasteiger partial charge in [-0.1, -0.05) is 34.1 Å². The molecule has 0 aliphatic carbocycles. The Kier molecular flexibility index (Phi) is 9.17. The minimum Gasteiger partial charge on any atom is -0.323 e. The van der Waals surface area contributed by atoms with Crippen LogP contribution in [0.25, 0.3) is 0 Å². The maximum absolute atomic E-state index is 2.39. The van der Waals surface area contributed by atoms with Crippen LogP contribution in [0.1, 0.15) is 34.1 Å². The first-order valence-corrected chi connectivity index (χ1v) is 3.51. The second kappa shape index (κ2) is 6.71. The summed E-state index contributed by atoms with van der Waals surface area (Å²) < 4.78 is 0. The van der Waals surface area contributed by atoms with Gasteiger partial charge in [-0.2, -0.15) is 11.8 Å². The van der Waals surface area contributed by atoms with Gasteiger partial charge in [0, 0.05) is 0 Å². The summed E-state index contributed by atoms with van der Waals surface area (Å²) in [5.74, 6) is 1.56. The van der Waals surface area contributed by atoms with Crippen LogP contribution in [0.2, 0.25) is 0 Å². The molecule has 1 unspecified atom stereocenters. The van der Waals surface area contributed by atoms with Gasteiger partial charge in [0.1, 0.15) is 0 Å². The maximum atomic E-state index is 2.39. The summed E-state index contributed by atoms with van der Waals surface area (Å²) in [5, 5.41) is 0. The van der Waals surface area contributed by atoms with Crippen molar-refractivity contribution in [3.05, 3.63) is 6.42 Å². The van der Waals surface area contributed by atoms with Gasteiger partial charge in [-0.25, -0.2) is 0 Å². The molecule has 0 fully saturated rings. The van der Waals surface area contributed by atoms with Crippen LogP contribution in [0.4, 0.5) is 0 Å².